The van der Waals surface area contributed by atoms with Crippen LogP contribution in [0.3, 0.4) is 0 Å². The van der Waals surface area contributed by atoms with Crippen LogP contribution in [0.1, 0.15) is 18.4 Å². The van der Waals surface area contributed by atoms with Crippen LogP contribution in [-0.2, 0) is 9.59 Å². The zero-order chi connectivity index (χ0) is 12.6. The van der Waals surface area contributed by atoms with Crippen LogP contribution < -0.4 is 4.90 Å². The third kappa shape index (κ3) is 2.13. The minimum absolute atomic E-state index is 0.150. The van der Waals surface area contributed by atoms with Gasteiger partial charge in [-0.25, -0.2) is 4.79 Å². The smallest absolute Gasteiger partial charge is 0.326 e. The average molecular weight is 254 g/mol. The molecule has 0 saturated carbocycles. The van der Waals surface area contributed by atoms with Crippen molar-refractivity contribution in [3.05, 3.63) is 28.8 Å². The highest BCUT2D eigenvalue weighted by Crippen LogP contribution is 2.31. The van der Waals surface area contributed by atoms with Gasteiger partial charge in [-0.15, -0.1) is 0 Å². The van der Waals surface area contributed by atoms with E-state index in [1.54, 1.807) is 18.2 Å². The maximum atomic E-state index is 11.8. The molecule has 0 radical (unpaired) electrons. The Morgan fingerprint density at radius 1 is 1.53 bits per heavy atom. The van der Waals surface area contributed by atoms with E-state index in [2.05, 4.69) is 0 Å². The van der Waals surface area contributed by atoms with E-state index in [1.165, 1.54) is 4.90 Å². The molecule has 0 aromatic heterocycles. The maximum Gasteiger partial charge on any atom is 0.326 e. The molecule has 1 saturated heterocycles. The molecule has 90 valence electrons. The molecule has 0 aliphatic carbocycles. The number of carbonyl (C=O) groups is 2. The summed E-state index contributed by atoms with van der Waals surface area (Å²) in [5.74, 6) is -1.12. The van der Waals surface area contributed by atoms with E-state index in [0.717, 1.165) is 5.56 Å². The summed E-state index contributed by atoms with van der Waals surface area (Å²) in [4.78, 5) is 24.2. The second kappa shape index (κ2) is 4.37. The van der Waals surface area contributed by atoms with E-state index in [-0.39, 0.29) is 12.3 Å². The van der Waals surface area contributed by atoms with Gasteiger partial charge in [-0.05, 0) is 37.1 Å². The molecular weight excluding hydrogens is 242 g/mol. The van der Waals surface area contributed by atoms with Crippen molar-refractivity contribution in [3.8, 4) is 0 Å². The van der Waals surface area contributed by atoms with Gasteiger partial charge in [0.1, 0.15) is 6.04 Å². The van der Waals surface area contributed by atoms with Crippen LogP contribution >= 0.6 is 11.6 Å². The van der Waals surface area contributed by atoms with Crippen LogP contribution in [0.2, 0.25) is 5.02 Å². The molecule has 1 atom stereocenters. The quantitative estimate of drug-likeness (QED) is 0.879. The summed E-state index contributed by atoms with van der Waals surface area (Å²) >= 11 is 5.84. The fourth-order valence-corrected chi connectivity index (χ4v) is 2.34. The first-order chi connectivity index (χ1) is 8.00. The molecule has 17 heavy (non-hydrogen) atoms. The normalized spacial score (nSPS) is 19.8. The summed E-state index contributed by atoms with van der Waals surface area (Å²) in [5.41, 5.74) is 1.43. The van der Waals surface area contributed by atoms with E-state index >= 15 is 0 Å². The Kier molecular flexibility index (Phi) is 3.07. The maximum absolute atomic E-state index is 11.8. The molecule has 1 fully saturated rings. The lowest BCUT2D eigenvalue weighted by Gasteiger charge is -2.23. The van der Waals surface area contributed by atoms with Gasteiger partial charge in [-0.1, -0.05) is 11.6 Å². The van der Waals surface area contributed by atoms with Gasteiger partial charge in [-0.3, -0.25) is 9.69 Å². The zero-order valence-electron chi connectivity index (χ0n) is 9.31. The largest absolute Gasteiger partial charge is 0.480 e. The van der Waals surface area contributed by atoms with Crippen molar-refractivity contribution >= 4 is 29.2 Å². The fourth-order valence-electron chi connectivity index (χ4n) is 2.11. The van der Waals surface area contributed by atoms with Crippen molar-refractivity contribution in [2.75, 3.05) is 4.90 Å². The summed E-state index contributed by atoms with van der Waals surface area (Å²) in [6.45, 7) is 1.81. The van der Waals surface area contributed by atoms with Crippen LogP contribution in [0.15, 0.2) is 18.2 Å². The molecule has 1 amide bonds. The molecule has 1 aliphatic rings. The number of carbonyl (C=O) groups excluding carboxylic acids is 1. The van der Waals surface area contributed by atoms with E-state index in [9.17, 15) is 9.59 Å². The van der Waals surface area contributed by atoms with E-state index in [4.69, 9.17) is 16.7 Å². The van der Waals surface area contributed by atoms with Gasteiger partial charge in [0.25, 0.3) is 0 Å². The number of carboxylic acids is 1. The van der Waals surface area contributed by atoms with Gasteiger partial charge in [-0.2, -0.15) is 0 Å². The second-order valence-electron chi connectivity index (χ2n) is 4.09. The fraction of sp³-hybridized carbons (Fsp3) is 0.333. The number of amides is 1. The Morgan fingerprint density at radius 2 is 2.24 bits per heavy atom. The van der Waals surface area contributed by atoms with E-state index < -0.39 is 12.0 Å². The topological polar surface area (TPSA) is 57.6 Å². The highest BCUT2D eigenvalue weighted by atomic mass is 35.5. The van der Waals surface area contributed by atoms with Crippen LogP contribution in [0.5, 0.6) is 0 Å². The van der Waals surface area contributed by atoms with Crippen molar-refractivity contribution < 1.29 is 14.7 Å². The van der Waals surface area contributed by atoms with E-state index in [0.29, 0.717) is 17.1 Å². The molecule has 1 aromatic rings. The molecule has 1 heterocycles. The SMILES string of the molecule is Cc1cc(Cl)ccc1N1C(=O)CCC1C(=O)O. The van der Waals surface area contributed by atoms with Crippen molar-refractivity contribution in [3.63, 3.8) is 0 Å². The van der Waals surface area contributed by atoms with Gasteiger partial charge < -0.3 is 5.11 Å². The molecule has 1 aromatic carbocycles. The van der Waals surface area contributed by atoms with Gasteiger partial charge in [0.2, 0.25) is 5.91 Å². The van der Waals surface area contributed by atoms with Crippen LogP contribution in [0.4, 0.5) is 5.69 Å². The standard InChI is InChI=1S/C12H12ClNO3/c1-7-6-8(13)2-3-9(7)14-10(12(16)17)4-5-11(14)15/h2-3,6,10H,4-5H2,1H3,(H,16,17). The first-order valence-corrected chi connectivity index (χ1v) is 5.69. The van der Waals surface area contributed by atoms with Gasteiger partial charge in [0, 0.05) is 17.1 Å². The molecule has 0 bridgehead atoms. The number of halogens is 1. The van der Waals surface area contributed by atoms with E-state index in [1.807, 2.05) is 6.92 Å². The minimum atomic E-state index is -0.967. The molecule has 4 nitrogen and oxygen atoms in total. The number of rotatable bonds is 2. The number of benzene rings is 1. The Balaban J connectivity index is 2.43. The predicted molar refractivity (Wildman–Crippen MR) is 64.3 cm³/mol. The summed E-state index contributed by atoms with van der Waals surface area (Å²) in [7, 11) is 0. The highest BCUT2D eigenvalue weighted by Gasteiger charge is 2.37. The summed E-state index contributed by atoms with van der Waals surface area (Å²) in [6, 6.07) is 4.31. The average Bonchev–Trinajstić information content (AvgIpc) is 2.60. The monoisotopic (exact) mass is 253 g/mol. The van der Waals surface area contributed by atoms with Gasteiger partial charge in [0.15, 0.2) is 0 Å². The second-order valence-corrected chi connectivity index (χ2v) is 4.52. The van der Waals surface area contributed by atoms with Gasteiger partial charge >= 0.3 is 5.97 Å². The summed E-state index contributed by atoms with van der Waals surface area (Å²) in [6.07, 6.45) is 0.634. The van der Waals surface area contributed by atoms with Crippen LogP contribution in [0, 0.1) is 6.92 Å². The number of hydrogen-bond donors (Lipinski definition) is 1. The predicted octanol–water partition coefficient (Wildman–Crippen LogP) is 2.23. The number of hydrogen-bond acceptors (Lipinski definition) is 2. The third-order valence-electron chi connectivity index (χ3n) is 2.92. The highest BCUT2D eigenvalue weighted by molar-refractivity contribution is 6.30. The number of nitrogens with zero attached hydrogens (tertiary/aromatic N) is 1. The lowest BCUT2D eigenvalue weighted by Crippen LogP contribution is -2.38. The number of aryl methyl sites for hydroxylation is 1. The lowest BCUT2D eigenvalue weighted by molar-refractivity contribution is -0.138. The van der Waals surface area contributed by atoms with Gasteiger partial charge in [0.05, 0.1) is 0 Å². The number of aliphatic carboxylic acids is 1. The molecule has 5 heteroatoms. The Bertz CT molecular complexity index is 487. The summed E-state index contributed by atoms with van der Waals surface area (Å²) in [5, 5.41) is 9.66. The Labute approximate surface area is 104 Å². The molecule has 1 aliphatic heterocycles. The lowest BCUT2D eigenvalue weighted by atomic mass is 10.1. The van der Waals surface area contributed by atoms with Crippen molar-refractivity contribution in [1.82, 2.24) is 0 Å². The van der Waals surface area contributed by atoms with Crippen LogP contribution in [0.25, 0.3) is 0 Å². The Morgan fingerprint density at radius 3 is 2.82 bits per heavy atom. The number of anilines is 1. The summed E-state index contributed by atoms with van der Waals surface area (Å²) < 4.78 is 0. The molecule has 1 N–H and O–H groups in total. The third-order valence-corrected chi connectivity index (χ3v) is 3.15. The first-order valence-electron chi connectivity index (χ1n) is 5.31. The van der Waals surface area contributed by atoms with Crippen molar-refractivity contribution in [1.29, 1.82) is 0 Å². The molecule has 0 spiro atoms. The first kappa shape index (κ1) is 11.9. The van der Waals surface area contributed by atoms with Crippen molar-refractivity contribution in [2.24, 2.45) is 0 Å². The van der Waals surface area contributed by atoms with Crippen molar-refractivity contribution in [2.45, 2.75) is 25.8 Å². The molecule has 1 unspecified atom stereocenters. The Hall–Kier alpha value is -1.55. The number of carboxylic acid groups (broad SMARTS) is 1. The minimum Gasteiger partial charge on any atom is -0.480 e. The van der Waals surface area contributed by atoms with Crippen LogP contribution in [-0.4, -0.2) is 23.0 Å². The molecule has 2 rings (SSSR count). The zero-order valence-corrected chi connectivity index (χ0v) is 10.1. The molecular formula is C12H12ClNO3.